The molecule has 2 aliphatic heterocycles. The smallest absolute Gasteiger partial charge is 0.321 e. The molecule has 0 aromatic heterocycles. The van der Waals surface area contributed by atoms with Crippen LogP contribution in [0.3, 0.4) is 0 Å². The van der Waals surface area contributed by atoms with Crippen molar-refractivity contribution in [2.24, 2.45) is 17.8 Å². The highest BCUT2D eigenvalue weighted by Gasteiger charge is 2.27. The first kappa shape index (κ1) is 19.6. The molecule has 2 unspecified atom stereocenters. The van der Waals surface area contributed by atoms with Crippen LogP contribution < -0.4 is 5.32 Å². The molecule has 0 saturated carbocycles. The van der Waals surface area contributed by atoms with E-state index in [0.717, 1.165) is 44.3 Å². The Balaban J connectivity index is 1.46. The molecule has 1 aromatic rings. The molecule has 144 valence electrons. The van der Waals surface area contributed by atoms with Crippen molar-refractivity contribution in [2.45, 2.75) is 33.1 Å². The van der Waals surface area contributed by atoms with E-state index >= 15 is 0 Å². The van der Waals surface area contributed by atoms with Gasteiger partial charge in [-0.1, -0.05) is 29.8 Å². The van der Waals surface area contributed by atoms with Crippen molar-refractivity contribution < 1.29 is 9.18 Å². The van der Waals surface area contributed by atoms with E-state index in [0.29, 0.717) is 10.4 Å². The number of nitrogens with one attached hydrogen (secondary N) is 1. The molecule has 6 heteroatoms. The molecular weight excluding hydrogens is 397 g/mol. The molecule has 2 aliphatic rings. The van der Waals surface area contributed by atoms with Crippen molar-refractivity contribution in [3.8, 4) is 0 Å². The summed E-state index contributed by atoms with van der Waals surface area (Å²) in [6, 6.07) is 4.47. The topological polar surface area (TPSA) is 35.6 Å². The average Bonchev–Trinajstić information content (AvgIpc) is 2.57. The van der Waals surface area contributed by atoms with Crippen LogP contribution in [0.25, 0.3) is 0 Å². The van der Waals surface area contributed by atoms with E-state index in [1.165, 1.54) is 25.6 Å². The Morgan fingerprint density at radius 1 is 1.23 bits per heavy atom. The van der Waals surface area contributed by atoms with E-state index in [9.17, 15) is 9.18 Å². The number of carbonyl (C=O) groups is 1. The molecule has 0 bridgehead atoms. The molecule has 3 rings (SSSR count). The molecule has 1 aromatic carbocycles. The number of likely N-dealkylation sites (tertiary alicyclic amines) is 2. The lowest BCUT2D eigenvalue weighted by Gasteiger charge is -2.39. The fourth-order valence-electron chi connectivity index (χ4n) is 4.41. The average molecular weight is 426 g/mol. The minimum absolute atomic E-state index is 0.204. The first-order valence-electron chi connectivity index (χ1n) is 9.64. The minimum atomic E-state index is -0.420. The zero-order valence-corrected chi connectivity index (χ0v) is 17.3. The molecule has 4 nitrogen and oxygen atoms in total. The number of nitrogens with zero attached hydrogens (tertiary/aromatic N) is 2. The lowest BCUT2D eigenvalue weighted by Crippen LogP contribution is -2.46. The molecule has 2 saturated heterocycles. The Morgan fingerprint density at radius 2 is 1.88 bits per heavy atom. The number of benzene rings is 1. The summed E-state index contributed by atoms with van der Waals surface area (Å²) >= 11 is 3.23. The lowest BCUT2D eigenvalue weighted by atomic mass is 9.89. The minimum Gasteiger partial charge on any atom is -0.325 e. The summed E-state index contributed by atoms with van der Waals surface area (Å²) in [5, 5.41) is 2.70. The summed E-state index contributed by atoms with van der Waals surface area (Å²) < 4.78 is 14.6. The van der Waals surface area contributed by atoms with E-state index in [4.69, 9.17) is 0 Å². The van der Waals surface area contributed by atoms with Gasteiger partial charge in [-0.25, -0.2) is 9.18 Å². The van der Waals surface area contributed by atoms with Gasteiger partial charge in [0.05, 0.1) is 5.69 Å². The van der Waals surface area contributed by atoms with Gasteiger partial charge in [0, 0.05) is 37.2 Å². The van der Waals surface area contributed by atoms with Gasteiger partial charge in [-0.15, -0.1) is 0 Å². The molecule has 2 atom stereocenters. The zero-order chi connectivity index (χ0) is 18.7. The zero-order valence-electron chi connectivity index (χ0n) is 15.7. The Morgan fingerprint density at radius 3 is 2.50 bits per heavy atom. The van der Waals surface area contributed by atoms with Crippen molar-refractivity contribution >= 4 is 27.6 Å². The van der Waals surface area contributed by atoms with Gasteiger partial charge in [0.25, 0.3) is 0 Å². The maximum Gasteiger partial charge on any atom is 0.321 e. The Hall–Kier alpha value is -1.14. The second-order valence-electron chi connectivity index (χ2n) is 8.15. The summed E-state index contributed by atoms with van der Waals surface area (Å²) in [6.45, 7) is 9.72. The third-order valence-electron chi connectivity index (χ3n) is 5.54. The van der Waals surface area contributed by atoms with Gasteiger partial charge in [-0.05, 0) is 55.2 Å². The van der Waals surface area contributed by atoms with Crippen LogP contribution in [0, 0.1) is 23.6 Å². The number of urea groups is 1. The summed E-state index contributed by atoms with van der Waals surface area (Å²) in [7, 11) is 0. The molecule has 2 heterocycles. The third kappa shape index (κ3) is 5.19. The van der Waals surface area contributed by atoms with Gasteiger partial charge in [-0.3, -0.25) is 0 Å². The maximum atomic E-state index is 13.9. The van der Waals surface area contributed by atoms with Crippen LogP contribution in [-0.2, 0) is 0 Å². The van der Waals surface area contributed by atoms with Gasteiger partial charge in [-0.2, -0.15) is 0 Å². The number of rotatable bonds is 3. The van der Waals surface area contributed by atoms with Gasteiger partial charge in [0.2, 0.25) is 0 Å². The predicted molar refractivity (Wildman–Crippen MR) is 107 cm³/mol. The molecule has 26 heavy (non-hydrogen) atoms. The number of anilines is 1. The first-order valence-corrected chi connectivity index (χ1v) is 10.4. The number of piperidine rings is 2. The largest absolute Gasteiger partial charge is 0.325 e. The highest BCUT2D eigenvalue weighted by molar-refractivity contribution is 9.10. The fraction of sp³-hybridized carbons (Fsp3) is 0.650. The molecule has 0 spiro atoms. The van der Waals surface area contributed by atoms with Crippen LogP contribution in [0.1, 0.15) is 33.1 Å². The summed E-state index contributed by atoms with van der Waals surface area (Å²) in [5.41, 5.74) is 0.233. The molecule has 1 N–H and O–H groups in total. The number of hydrogen-bond donors (Lipinski definition) is 1. The van der Waals surface area contributed by atoms with Gasteiger partial charge in [0.15, 0.2) is 0 Å². The second kappa shape index (κ2) is 8.70. The van der Waals surface area contributed by atoms with Crippen LogP contribution in [-0.4, -0.2) is 48.6 Å². The molecule has 2 fully saturated rings. The third-order valence-corrected chi connectivity index (χ3v) is 6.03. The van der Waals surface area contributed by atoms with Crippen molar-refractivity contribution in [3.63, 3.8) is 0 Å². The van der Waals surface area contributed by atoms with Crippen LogP contribution in [0.4, 0.5) is 14.9 Å². The Bertz CT molecular complexity index is 623. The lowest BCUT2D eigenvalue weighted by molar-refractivity contribution is 0.101. The first-order chi connectivity index (χ1) is 12.4. The quantitative estimate of drug-likeness (QED) is 0.753. The van der Waals surface area contributed by atoms with Crippen molar-refractivity contribution in [1.82, 2.24) is 9.80 Å². The second-order valence-corrected chi connectivity index (χ2v) is 9.07. The van der Waals surface area contributed by atoms with E-state index < -0.39 is 5.82 Å². The van der Waals surface area contributed by atoms with E-state index in [1.807, 2.05) is 0 Å². The van der Waals surface area contributed by atoms with Gasteiger partial charge < -0.3 is 15.1 Å². The van der Waals surface area contributed by atoms with E-state index in [2.05, 4.69) is 40.0 Å². The monoisotopic (exact) mass is 425 g/mol. The summed E-state index contributed by atoms with van der Waals surface area (Å²) in [4.78, 5) is 16.8. The SMILES string of the molecule is CC1CC(C)CN(CC2CCN(C(=O)Nc3ccc(Br)cc3F)CC2)C1. The number of amides is 2. The van der Waals surface area contributed by atoms with Crippen molar-refractivity contribution in [2.75, 3.05) is 38.0 Å². The van der Waals surface area contributed by atoms with Crippen molar-refractivity contribution in [1.29, 1.82) is 0 Å². The maximum absolute atomic E-state index is 13.9. The van der Waals surface area contributed by atoms with Crippen molar-refractivity contribution in [3.05, 3.63) is 28.5 Å². The standard InChI is InChI=1S/C20H29BrFN3O/c1-14-9-15(2)12-24(11-14)13-16-5-7-25(8-6-16)20(26)23-19-4-3-17(21)10-18(19)22/h3-4,10,14-16H,5-9,11-13H2,1-2H3,(H,23,26). The predicted octanol–water partition coefficient (Wildman–Crippen LogP) is 4.81. The summed E-state index contributed by atoms with van der Waals surface area (Å²) in [5.74, 6) is 1.80. The highest BCUT2D eigenvalue weighted by Crippen LogP contribution is 2.25. The van der Waals surface area contributed by atoms with Gasteiger partial charge in [0.1, 0.15) is 5.82 Å². The summed E-state index contributed by atoms with van der Waals surface area (Å²) in [6.07, 6.45) is 3.38. The molecule has 0 aliphatic carbocycles. The van der Waals surface area contributed by atoms with Crippen LogP contribution in [0.15, 0.2) is 22.7 Å². The van der Waals surface area contributed by atoms with Gasteiger partial charge >= 0.3 is 6.03 Å². The van der Waals surface area contributed by atoms with Crippen LogP contribution >= 0.6 is 15.9 Å². The fourth-order valence-corrected chi connectivity index (χ4v) is 4.74. The Kier molecular flexibility index (Phi) is 6.56. The number of carbonyl (C=O) groups excluding carboxylic acids is 1. The normalized spacial score (nSPS) is 25.3. The molecule has 2 amide bonds. The van der Waals surface area contributed by atoms with Crippen LogP contribution in [0.2, 0.25) is 0 Å². The molecular formula is C20H29BrFN3O. The van der Waals surface area contributed by atoms with E-state index in [1.54, 1.807) is 17.0 Å². The Labute approximate surface area is 164 Å². The molecule has 0 radical (unpaired) electrons. The van der Waals surface area contributed by atoms with Crippen LogP contribution in [0.5, 0.6) is 0 Å². The number of halogens is 2. The van der Waals surface area contributed by atoms with E-state index in [-0.39, 0.29) is 11.7 Å². The highest BCUT2D eigenvalue weighted by atomic mass is 79.9. The number of hydrogen-bond acceptors (Lipinski definition) is 2.